The molecule has 0 aliphatic heterocycles. The molecule has 0 aliphatic carbocycles. The topological polar surface area (TPSA) is 102 Å². The summed E-state index contributed by atoms with van der Waals surface area (Å²) < 4.78 is 43.5. The molecule has 0 radical (unpaired) electrons. The van der Waals surface area contributed by atoms with Crippen molar-refractivity contribution >= 4 is 27.6 Å². The molecule has 0 aliphatic rings. The molecule has 2 N–H and O–H groups in total. The predicted molar refractivity (Wildman–Crippen MR) is 91.9 cm³/mol. The van der Waals surface area contributed by atoms with Crippen molar-refractivity contribution in [3.05, 3.63) is 30.1 Å². The summed E-state index contributed by atoms with van der Waals surface area (Å²) in [4.78, 5) is 23.9. The summed E-state index contributed by atoms with van der Waals surface area (Å²) in [7, 11) is -3.58. The van der Waals surface area contributed by atoms with Gasteiger partial charge >= 0.3 is 5.97 Å². The number of sulfonamides is 1. The van der Waals surface area contributed by atoms with Gasteiger partial charge in [-0.1, -0.05) is 13.3 Å². The van der Waals surface area contributed by atoms with Crippen molar-refractivity contribution in [2.75, 3.05) is 11.1 Å². The first-order chi connectivity index (χ1) is 11.6. The fourth-order valence-corrected chi connectivity index (χ4v) is 3.24. The Hall–Kier alpha value is -2.00. The zero-order valence-electron chi connectivity index (χ0n) is 14.4. The molecule has 0 unspecified atom stereocenters. The Bertz CT molecular complexity index is 691. The second-order valence-electron chi connectivity index (χ2n) is 5.59. The summed E-state index contributed by atoms with van der Waals surface area (Å²) in [5.74, 6) is -1.99. The van der Waals surface area contributed by atoms with Crippen LogP contribution in [0.15, 0.2) is 24.3 Å². The molecule has 0 saturated carbocycles. The van der Waals surface area contributed by atoms with Crippen molar-refractivity contribution in [2.24, 2.45) is 0 Å². The van der Waals surface area contributed by atoms with Gasteiger partial charge in [0.05, 0.1) is 5.75 Å². The van der Waals surface area contributed by atoms with Gasteiger partial charge in [-0.2, -0.15) is 0 Å². The molecule has 25 heavy (non-hydrogen) atoms. The number of anilines is 1. The molecular weight excluding hydrogens is 351 g/mol. The van der Waals surface area contributed by atoms with E-state index in [2.05, 4.69) is 10.0 Å². The molecule has 1 amide bonds. The summed E-state index contributed by atoms with van der Waals surface area (Å²) in [5, 5.41) is 2.47. The van der Waals surface area contributed by atoms with E-state index in [1.807, 2.05) is 6.92 Å². The van der Waals surface area contributed by atoms with E-state index in [1.165, 1.54) is 38.1 Å². The molecule has 2 atom stereocenters. The summed E-state index contributed by atoms with van der Waals surface area (Å²) in [6.07, 6.45) is 0.0496. The lowest BCUT2D eigenvalue weighted by Gasteiger charge is -2.17. The van der Waals surface area contributed by atoms with Crippen molar-refractivity contribution in [1.82, 2.24) is 4.72 Å². The minimum absolute atomic E-state index is 0.0816. The number of nitrogens with one attached hydrogen (secondary N) is 2. The zero-order chi connectivity index (χ0) is 19.0. The number of halogens is 1. The van der Waals surface area contributed by atoms with Crippen LogP contribution in [0, 0.1) is 5.82 Å². The van der Waals surface area contributed by atoms with Gasteiger partial charge in [0, 0.05) is 5.69 Å². The second kappa shape index (κ2) is 9.47. The van der Waals surface area contributed by atoms with E-state index in [9.17, 15) is 22.4 Å². The lowest BCUT2D eigenvalue weighted by molar-refractivity contribution is -0.154. The van der Waals surface area contributed by atoms with Crippen LogP contribution >= 0.6 is 0 Å². The van der Waals surface area contributed by atoms with E-state index in [1.54, 1.807) is 0 Å². The molecule has 0 fully saturated rings. The molecule has 0 heterocycles. The Morgan fingerprint density at radius 1 is 1.20 bits per heavy atom. The molecule has 1 rings (SSSR count). The summed E-state index contributed by atoms with van der Waals surface area (Å²) >= 11 is 0. The molecule has 0 aromatic heterocycles. The monoisotopic (exact) mass is 374 g/mol. The highest BCUT2D eigenvalue weighted by molar-refractivity contribution is 7.89. The maximum atomic E-state index is 12.8. The van der Waals surface area contributed by atoms with Gasteiger partial charge in [0.15, 0.2) is 6.10 Å². The number of hydrogen-bond donors (Lipinski definition) is 2. The largest absolute Gasteiger partial charge is 0.451 e. The highest BCUT2D eigenvalue weighted by Gasteiger charge is 2.25. The number of carbonyl (C=O) groups excluding carboxylic acids is 2. The average Bonchev–Trinajstić information content (AvgIpc) is 2.54. The third kappa shape index (κ3) is 7.61. The third-order valence-electron chi connectivity index (χ3n) is 3.25. The van der Waals surface area contributed by atoms with Crippen molar-refractivity contribution in [3.63, 3.8) is 0 Å². The SMILES string of the molecule is CCCCS(=O)(=O)N[C@@H](C)C(=O)O[C@@H](C)C(=O)Nc1ccc(F)cc1. The molecule has 9 heteroatoms. The molecule has 0 saturated heterocycles. The minimum Gasteiger partial charge on any atom is -0.451 e. The molecule has 1 aromatic rings. The summed E-state index contributed by atoms with van der Waals surface area (Å²) in [6.45, 7) is 4.56. The van der Waals surface area contributed by atoms with Crippen LogP contribution in [0.2, 0.25) is 0 Å². The van der Waals surface area contributed by atoms with Gasteiger partial charge < -0.3 is 10.1 Å². The van der Waals surface area contributed by atoms with E-state index in [4.69, 9.17) is 4.74 Å². The maximum absolute atomic E-state index is 12.8. The number of unbranched alkanes of at least 4 members (excludes halogenated alkanes) is 1. The number of carbonyl (C=O) groups is 2. The lowest BCUT2D eigenvalue weighted by Crippen LogP contribution is -2.43. The highest BCUT2D eigenvalue weighted by Crippen LogP contribution is 2.09. The fraction of sp³-hybridized carbons (Fsp3) is 0.500. The van der Waals surface area contributed by atoms with Crippen LogP contribution in [0.3, 0.4) is 0 Å². The first kappa shape index (κ1) is 21.0. The van der Waals surface area contributed by atoms with Crippen LogP contribution in [-0.2, 0) is 24.3 Å². The van der Waals surface area contributed by atoms with Gasteiger partial charge in [0.25, 0.3) is 5.91 Å². The summed E-state index contributed by atoms with van der Waals surface area (Å²) in [6, 6.07) is 3.99. The van der Waals surface area contributed by atoms with Crippen LogP contribution in [0.5, 0.6) is 0 Å². The van der Waals surface area contributed by atoms with E-state index in [0.717, 1.165) is 0 Å². The van der Waals surface area contributed by atoms with Gasteiger partial charge in [-0.25, -0.2) is 17.5 Å². The van der Waals surface area contributed by atoms with Crippen LogP contribution < -0.4 is 10.0 Å². The lowest BCUT2D eigenvalue weighted by atomic mass is 10.3. The fourth-order valence-electron chi connectivity index (χ4n) is 1.82. The molecular formula is C16H23FN2O5S. The Balaban J connectivity index is 2.54. The molecule has 140 valence electrons. The Morgan fingerprint density at radius 2 is 1.80 bits per heavy atom. The number of amides is 1. The Morgan fingerprint density at radius 3 is 2.36 bits per heavy atom. The minimum atomic E-state index is -3.58. The zero-order valence-corrected chi connectivity index (χ0v) is 15.2. The average molecular weight is 374 g/mol. The number of hydrogen-bond acceptors (Lipinski definition) is 5. The first-order valence-electron chi connectivity index (χ1n) is 7.91. The second-order valence-corrected chi connectivity index (χ2v) is 7.46. The van der Waals surface area contributed by atoms with Gasteiger partial charge in [-0.05, 0) is 44.5 Å². The van der Waals surface area contributed by atoms with Crippen molar-refractivity contribution in [1.29, 1.82) is 0 Å². The molecule has 7 nitrogen and oxygen atoms in total. The van der Waals surface area contributed by atoms with E-state index >= 15 is 0 Å². The van der Waals surface area contributed by atoms with Crippen molar-refractivity contribution < 1.29 is 27.1 Å². The number of rotatable bonds is 9. The van der Waals surface area contributed by atoms with E-state index in [0.29, 0.717) is 18.5 Å². The highest BCUT2D eigenvalue weighted by atomic mass is 32.2. The van der Waals surface area contributed by atoms with Gasteiger partial charge in [-0.15, -0.1) is 0 Å². The van der Waals surface area contributed by atoms with Crippen molar-refractivity contribution in [3.8, 4) is 0 Å². The number of ether oxygens (including phenoxy) is 1. The van der Waals surface area contributed by atoms with E-state index < -0.39 is 39.9 Å². The first-order valence-corrected chi connectivity index (χ1v) is 9.56. The quantitative estimate of drug-likeness (QED) is 0.642. The van der Waals surface area contributed by atoms with Crippen molar-refractivity contribution in [2.45, 2.75) is 45.8 Å². The van der Waals surface area contributed by atoms with Gasteiger partial charge in [0.1, 0.15) is 11.9 Å². The van der Waals surface area contributed by atoms with Crippen LogP contribution in [0.1, 0.15) is 33.6 Å². The van der Waals surface area contributed by atoms with Crippen LogP contribution in [0.4, 0.5) is 10.1 Å². The Labute approximate surface area is 147 Å². The van der Waals surface area contributed by atoms with Gasteiger partial charge in [-0.3, -0.25) is 9.59 Å². The smallest absolute Gasteiger partial charge is 0.324 e. The van der Waals surface area contributed by atoms with Crippen LogP contribution in [-0.4, -0.2) is 38.2 Å². The number of benzene rings is 1. The van der Waals surface area contributed by atoms with E-state index in [-0.39, 0.29) is 5.75 Å². The predicted octanol–water partition coefficient (Wildman–Crippen LogP) is 1.80. The summed E-state index contributed by atoms with van der Waals surface area (Å²) in [5.41, 5.74) is 0.350. The molecule has 0 spiro atoms. The van der Waals surface area contributed by atoms with Gasteiger partial charge in [0.2, 0.25) is 10.0 Å². The third-order valence-corrected chi connectivity index (χ3v) is 4.79. The molecule has 0 bridgehead atoms. The molecule has 1 aromatic carbocycles. The van der Waals surface area contributed by atoms with Crippen LogP contribution in [0.25, 0.3) is 0 Å². The maximum Gasteiger partial charge on any atom is 0.324 e. The normalized spacial score (nSPS) is 13.8. The number of esters is 1. The Kier molecular flexibility index (Phi) is 7.98. The standard InChI is InChI=1S/C16H23FN2O5S/c1-4-5-10-25(22,23)19-11(2)16(21)24-12(3)15(20)18-14-8-6-13(17)7-9-14/h6-9,11-12,19H,4-5,10H2,1-3H3,(H,18,20)/t11-,12-/m0/s1.